The van der Waals surface area contributed by atoms with Crippen LogP contribution in [0.25, 0.3) is 0 Å². The van der Waals surface area contributed by atoms with Gasteiger partial charge in [-0.2, -0.15) is 0 Å². The van der Waals surface area contributed by atoms with Crippen molar-refractivity contribution in [3.63, 3.8) is 0 Å². The normalized spacial score (nSPS) is 22.9. The Labute approximate surface area is 118 Å². The Morgan fingerprint density at radius 3 is 3.00 bits per heavy atom. The van der Waals surface area contributed by atoms with Crippen molar-refractivity contribution in [2.45, 2.75) is 31.8 Å². The third-order valence-corrected chi connectivity index (χ3v) is 4.41. The summed E-state index contributed by atoms with van der Waals surface area (Å²) in [4.78, 5) is 0. The molecule has 0 saturated heterocycles. The molecule has 19 heavy (non-hydrogen) atoms. The molecular weight excluding hydrogens is 265 g/mol. The van der Waals surface area contributed by atoms with Gasteiger partial charge >= 0.3 is 0 Å². The summed E-state index contributed by atoms with van der Waals surface area (Å²) in [6.07, 6.45) is 4.58. The summed E-state index contributed by atoms with van der Waals surface area (Å²) in [5.74, 6) is 1.39. The molecule has 1 aromatic carbocycles. The molecule has 1 atom stereocenters. The summed E-state index contributed by atoms with van der Waals surface area (Å²) >= 11 is 5.82. The highest BCUT2D eigenvalue weighted by atomic mass is 35.5. The lowest BCUT2D eigenvalue weighted by Crippen LogP contribution is -2.34. The van der Waals surface area contributed by atoms with Crippen molar-refractivity contribution in [2.24, 2.45) is 5.41 Å². The van der Waals surface area contributed by atoms with Gasteiger partial charge in [0.2, 0.25) is 0 Å². The second kappa shape index (κ2) is 5.29. The Kier molecular flexibility index (Phi) is 3.68. The largest absolute Gasteiger partial charge is 0.488 e. The summed E-state index contributed by atoms with van der Waals surface area (Å²) < 4.78 is 18.9. The van der Waals surface area contributed by atoms with Crippen LogP contribution >= 0.6 is 11.6 Å². The van der Waals surface area contributed by atoms with Crippen LogP contribution < -0.4 is 10.1 Å². The zero-order chi connectivity index (χ0) is 13.3. The molecule has 1 aromatic rings. The van der Waals surface area contributed by atoms with Gasteiger partial charge in [0.25, 0.3) is 0 Å². The van der Waals surface area contributed by atoms with Gasteiger partial charge in [0.1, 0.15) is 17.7 Å². The molecule has 2 aliphatic rings. The summed E-state index contributed by atoms with van der Waals surface area (Å²) in [5, 5.41) is 3.49. The van der Waals surface area contributed by atoms with Crippen LogP contribution in [-0.4, -0.2) is 25.1 Å². The van der Waals surface area contributed by atoms with Gasteiger partial charge in [0.15, 0.2) is 0 Å². The number of ether oxygens (including phenoxy) is 1. The van der Waals surface area contributed by atoms with E-state index in [1.807, 2.05) is 0 Å². The van der Waals surface area contributed by atoms with Gasteiger partial charge in [0, 0.05) is 31.0 Å². The maximum absolute atomic E-state index is 13.1. The smallest absolute Gasteiger partial charge is 0.123 e. The molecule has 104 valence electrons. The fourth-order valence-corrected chi connectivity index (χ4v) is 3.19. The lowest BCUT2D eigenvalue weighted by atomic mass is 10.0. The quantitative estimate of drug-likeness (QED) is 0.810. The molecule has 1 N–H and O–H groups in total. The highest BCUT2D eigenvalue weighted by molar-refractivity contribution is 6.17. The molecule has 3 rings (SSSR count). The van der Waals surface area contributed by atoms with Crippen LogP contribution in [0.5, 0.6) is 5.75 Å². The fraction of sp³-hybridized carbons (Fsp3) is 0.600. The number of hydrogen-bond donors (Lipinski definition) is 1. The second-order valence-electron chi connectivity index (χ2n) is 5.77. The summed E-state index contributed by atoms with van der Waals surface area (Å²) in [7, 11) is 0. The van der Waals surface area contributed by atoms with Gasteiger partial charge in [-0.25, -0.2) is 4.39 Å². The molecule has 1 unspecified atom stereocenters. The first-order chi connectivity index (χ1) is 9.21. The van der Waals surface area contributed by atoms with E-state index >= 15 is 0 Å². The molecule has 1 aliphatic carbocycles. The average Bonchev–Trinajstić information content (AvgIpc) is 3.01. The van der Waals surface area contributed by atoms with Crippen molar-refractivity contribution in [1.29, 1.82) is 0 Å². The van der Waals surface area contributed by atoms with Crippen LogP contribution in [0.2, 0.25) is 0 Å². The van der Waals surface area contributed by atoms with Crippen molar-refractivity contribution in [1.82, 2.24) is 5.32 Å². The first-order valence-electron chi connectivity index (χ1n) is 6.93. The second-order valence-corrected chi connectivity index (χ2v) is 6.14. The molecule has 1 fully saturated rings. The van der Waals surface area contributed by atoms with Crippen LogP contribution in [-0.2, 0) is 6.42 Å². The van der Waals surface area contributed by atoms with Crippen molar-refractivity contribution >= 4 is 11.6 Å². The number of alkyl halides is 1. The molecule has 1 saturated carbocycles. The fourth-order valence-electron chi connectivity index (χ4n) is 2.79. The van der Waals surface area contributed by atoms with Crippen LogP contribution in [0.3, 0.4) is 0 Å². The SMILES string of the molecule is Fc1ccc2c(c1)CC(CNCC1(CCCl)CC1)O2. The molecule has 1 heterocycles. The first-order valence-corrected chi connectivity index (χ1v) is 7.46. The molecule has 0 bridgehead atoms. The van der Waals surface area contributed by atoms with E-state index in [-0.39, 0.29) is 11.9 Å². The van der Waals surface area contributed by atoms with E-state index in [0.717, 1.165) is 43.1 Å². The van der Waals surface area contributed by atoms with Gasteiger partial charge in [-0.15, -0.1) is 11.6 Å². The number of fused-ring (bicyclic) bond motifs is 1. The Bertz CT molecular complexity index is 461. The monoisotopic (exact) mass is 283 g/mol. The van der Waals surface area contributed by atoms with E-state index in [1.165, 1.54) is 18.9 Å². The van der Waals surface area contributed by atoms with Crippen molar-refractivity contribution in [3.8, 4) is 5.75 Å². The topological polar surface area (TPSA) is 21.3 Å². The predicted octanol–water partition coefficient (Wildman–Crippen LogP) is 3.13. The maximum atomic E-state index is 13.1. The van der Waals surface area contributed by atoms with E-state index in [0.29, 0.717) is 5.41 Å². The Morgan fingerprint density at radius 2 is 2.26 bits per heavy atom. The summed E-state index contributed by atoms with van der Waals surface area (Å²) in [5.41, 5.74) is 1.42. The van der Waals surface area contributed by atoms with E-state index < -0.39 is 0 Å². The maximum Gasteiger partial charge on any atom is 0.123 e. The number of halogens is 2. The number of hydrogen-bond acceptors (Lipinski definition) is 2. The third-order valence-electron chi connectivity index (χ3n) is 4.22. The van der Waals surface area contributed by atoms with Crippen molar-refractivity contribution in [2.75, 3.05) is 19.0 Å². The van der Waals surface area contributed by atoms with Crippen LogP contribution in [0.1, 0.15) is 24.8 Å². The summed E-state index contributed by atoms with van der Waals surface area (Å²) in [6.45, 7) is 1.84. The number of nitrogens with one attached hydrogen (secondary N) is 1. The minimum absolute atomic E-state index is 0.128. The lowest BCUT2D eigenvalue weighted by Gasteiger charge is -2.17. The standard InChI is InChI=1S/C15H19ClFNO/c16-6-5-15(3-4-15)10-18-9-13-8-11-7-12(17)1-2-14(11)19-13/h1-2,7,13,18H,3-6,8-10H2. The van der Waals surface area contributed by atoms with E-state index in [9.17, 15) is 4.39 Å². The van der Waals surface area contributed by atoms with E-state index in [2.05, 4.69) is 5.32 Å². The third kappa shape index (κ3) is 3.03. The Balaban J connectivity index is 1.46. The average molecular weight is 284 g/mol. The zero-order valence-corrected chi connectivity index (χ0v) is 11.7. The van der Waals surface area contributed by atoms with Gasteiger partial charge in [0.05, 0.1) is 0 Å². The molecule has 0 amide bonds. The lowest BCUT2D eigenvalue weighted by molar-refractivity contribution is 0.223. The van der Waals surface area contributed by atoms with Gasteiger partial charge < -0.3 is 10.1 Å². The van der Waals surface area contributed by atoms with Crippen LogP contribution in [0.4, 0.5) is 4.39 Å². The molecule has 2 nitrogen and oxygen atoms in total. The molecule has 0 radical (unpaired) electrons. The van der Waals surface area contributed by atoms with E-state index in [1.54, 1.807) is 12.1 Å². The molecule has 1 aliphatic heterocycles. The Hall–Kier alpha value is -0.800. The van der Waals surface area contributed by atoms with E-state index in [4.69, 9.17) is 16.3 Å². The number of rotatable bonds is 6. The highest BCUT2D eigenvalue weighted by Crippen LogP contribution is 2.48. The van der Waals surface area contributed by atoms with Gasteiger partial charge in [-0.3, -0.25) is 0 Å². The van der Waals surface area contributed by atoms with Gasteiger partial charge in [-0.1, -0.05) is 0 Å². The summed E-state index contributed by atoms with van der Waals surface area (Å²) in [6, 6.07) is 4.75. The molecule has 4 heteroatoms. The minimum atomic E-state index is -0.185. The minimum Gasteiger partial charge on any atom is -0.488 e. The molecular formula is C15H19ClFNO. The number of benzene rings is 1. The van der Waals surface area contributed by atoms with Crippen molar-refractivity contribution < 1.29 is 9.13 Å². The zero-order valence-electron chi connectivity index (χ0n) is 10.9. The predicted molar refractivity (Wildman–Crippen MR) is 74.4 cm³/mol. The first kappa shape index (κ1) is 13.2. The molecule has 0 aromatic heterocycles. The molecule has 0 spiro atoms. The highest BCUT2D eigenvalue weighted by Gasteiger charge is 2.41. The Morgan fingerprint density at radius 1 is 1.42 bits per heavy atom. The van der Waals surface area contributed by atoms with Crippen LogP contribution in [0.15, 0.2) is 18.2 Å². The van der Waals surface area contributed by atoms with Crippen molar-refractivity contribution in [3.05, 3.63) is 29.6 Å². The van der Waals surface area contributed by atoms with Gasteiger partial charge in [-0.05, 0) is 42.9 Å². The van der Waals surface area contributed by atoms with Crippen LogP contribution in [0, 0.1) is 11.2 Å².